The zero-order valence-electron chi connectivity index (χ0n) is 9.93. The Morgan fingerprint density at radius 1 is 1.38 bits per heavy atom. The lowest BCUT2D eigenvalue weighted by Crippen LogP contribution is -2.28. The summed E-state index contributed by atoms with van der Waals surface area (Å²) in [7, 11) is 0. The number of hydrogen-bond donors (Lipinski definition) is 2. The molecule has 1 aromatic heterocycles. The molecule has 2 atom stereocenters. The zero-order chi connectivity index (χ0) is 11.7. The average molecular weight is 224 g/mol. The molecule has 0 aromatic carbocycles. The van der Waals surface area contributed by atoms with Crippen molar-refractivity contribution in [3.05, 3.63) is 11.6 Å². The van der Waals surface area contributed by atoms with E-state index in [1.165, 1.54) is 25.7 Å². The summed E-state index contributed by atoms with van der Waals surface area (Å²) in [6.45, 7) is 3.64. The van der Waals surface area contributed by atoms with Crippen LogP contribution in [0.5, 0.6) is 0 Å². The fourth-order valence-electron chi connectivity index (χ4n) is 2.44. The lowest BCUT2D eigenvalue weighted by atomic mass is 10.1. The Morgan fingerprint density at radius 2 is 2.00 bits per heavy atom. The minimum atomic E-state index is -0.594. The monoisotopic (exact) mass is 224 g/mol. The predicted molar refractivity (Wildman–Crippen MR) is 60.9 cm³/mol. The first-order chi connectivity index (χ1) is 7.61. The molecule has 0 radical (unpaired) electrons. The second kappa shape index (κ2) is 4.51. The van der Waals surface area contributed by atoms with Crippen LogP contribution in [-0.4, -0.2) is 26.0 Å². The van der Waals surface area contributed by atoms with Gasteiger partial charge in [-0.05, 0) is 26.7 Å². The van der Waals surface area contributed by atoms with E-state index in [0.29, 0.717) is 6.04 Å². The van der Waals surface area contributed by atoms with Crippen LogP contribution in [0.2, 0.25) is 0 Å². The van der Waals surface area contributed by atoms with Crippen LogP contribution in [0.25, 0.3) is 0 Å². The summed E-state index contributed by atoms with van der Waals surface area (Å²) >= 11 is 0. The topological polar surface area (TPSA) is 77.0 Å². The van der Waals surface area contributed by atoms with Gasteiger partial charge in [0, 0.05) is 6.04 Å². The Balaban J connectivity index is 2.31. The molecule has 1 fully saturated rings. The van der Waals surface area contributed by atoms with Crippen molar-refractivity contribution in [1.29, 1.82) is 0 Å². The lowest BCUT2D eigenvalue weighted by Gasteiger charge is -2.20. The first kappa shape index (κ1) is 11.5. The van der Waals surface area contributed by atoms with Gasteiger partial charge in [0.2, 0.25) is 0 Å². The minimum Gasteiger partial charge on any atom is -0.391 e. The van der Waals surface area contributed by atoms with Crippen molar-refractivity contribution < 1.29 is 5.11 Å². The van der Waals surface area contributed by atoms with Crippen LogP contribution in [0, 0.1) is 6.92 Å². The van der Waals surface area contributed by atoms with Gasteiger partial charge in [-0.3, -0.25) is 0 Å². The SMILES string of the molecule is Cc1nnc([C@@H](N)[C@@H](C)O)n1C1CCCC1. The number of aliphatic hydroxyl groups is 1. The normalized spacial score (nSPS) is 21.2. The van der Waals surface area contributed by atoms with Gasteiger partial charge in [0.15, 0.2) is 5.82 Å². The second-order valence-corrected chi connectivity index (χ2v) is 4.68. The molecule has 16 heavy (non-hydrogen) atoms. The fraction of sp³-hybridized carbons (Fsp3) is 0.818. The first-order valence-corrected chi connectivity index (χ1v) is 5.96. The first-order valence-electron chi connectivity index (χ1n) is 5.96. The van der Waals surface area contributed by atoms with E-state index in [0.717, 1.165) is 11.6 Å². The molecule has 1 heterocycles. The number of rotatable bonds is 3. The highest BCUT2D eigenvalue weighted by Crippen LogP contribution is 2.32. The van der Waals surface area contributed by atoms with Gasteiger partial charge in [0.05, 0.1) is 12.1 Å². The average Bonchev–Trinajstić information content (AvgIpc) is 2.84. The molecule has 5 nitrogen and oxygen atoms in total. The van der Waals surface area contributed by atoms with Crippen LogP contribution in [-0.2, 0) is 0 Å². The third-order valence-corrected chi connectivity index (χ3v) is 3.40. The molecule has 1 aromatic rings. The Labute approximate surface area is 95.7 Å². The minimum absolute atomic E-state index is 0.443. The smallest absolute Gasteiger partial charge is 0.152 e. The van der Waals surface area contributed by atoms with Crippen molar-refractivity contribution in [2.24, 2.45) is 5.73 Å². The van der Waals surface area contributed by atoms with Gasteiger partial charge in [0.25, 0.3) is 0 Å². The number of nitrogens with zero attached hydrogens (tertiary/aromatic N) is 3. The van der Waals surface area contributed by atoms with Crippen molar-refractivity contribution in [3.63, 3.8) is 0 Å². The van der Waals surface area contributed by atoms with Gasteiger partial charge in [-0.15, -0.1) is 10.2 Å². The molecule has 90 valence electrons. The van der Waals surface area contributed by atoms with E-state index >= 15 is 0 Å². The summed E-state index contributed by atoms with van der Waals surface area (Å²) in [5.41, 5.74) is 5.95. The molecule has 3 N–H and O–H groups in total. The number of nitrogens with two attached hydrogens (primary N) is 1. The van der Waals surface area contributed by atoms with Gasteiger partial charge < -0.3 is 15.4 Å². The predicted octanol–water partition coefficient (Wildman–Crippen LogP) is 1.08. The molecule has 0 unspecified atom stereocenters. The molecule has 0 amide bonds. The van der Waals surface area contributed by atoms with E-state index < -0.39 is 12.1 Å². The molecule has 1 aliphatic carbocycles. The standard InChI is InChI=1S/C11H20N4O/c1-7(16)10(12)11-14-13-8(2)15(11)9-5-3-4-6-9/h7,9-10,16H,3-6,12H2,1-2H3/t7-,10+/m1/s1. The van der Waals surface area contributed by atoms with Gasteiger partial charge >= 0.3 is 0 Å². The summed E-state index contributed by atoms with van der Waals surface area (Å²) in [6.07, 6.45) is 4.25. The highest BCUT2D eigenvalue weighted by molar-refractivity contribution is 5.04. The Hall–Kier alpha value is -0.940. The van der Waals surface area contributed by atoms with E-state index in [2.05, 4.69) is 14.8 Å². The molecule has 1 aliphatic rings. The summed E-state index contributed by atoms with van der Waals surface area (Å²) in [5, 5.41) is 17.7. The largest absolute Gasteiger partial charge is 0.391 e. The molecule has 5 heteroatoms. The maximum Gasteiger partial charge on any atom is 0.152 e. The Kier molecular flexibility index (Phi) is 3.25. The van der Waals surface area contributed by atoms with Crippen LogP contribution >= 0.6 is 0 Å². The van der Waals surface area contributed by atoms with Gasteiger partial charge in [-0.2, -0.15) is 0 Å². The van der Waals surface area contributed by atoms with Crippen molar-refractivity contribution in [3.8, 4) is 0 Å². The Bertz CT molecular complexity index is 355. The van der Waals surface area contributed by atoms with Crippen LogP contribution in [0.1, 0.15) is 56.3 Å². The molecule has 0 aliphatic heterocycles. The van der Waals surface area contributed by atoms with E-state index in [-0.39, 0.29) is 0 Å². The van der Waals surface area contributed by atoms with Crippen molar-refractivity contribution in [1.82, 2.24) is 14.8 Å². The van der Waals surface area contributed by atoms with Crippen molar-refractivity contribution >= 4 is 0 Å². The Morgan fingerprint density at radius 3 is 2.56 bits per heavy atom. The van der Waals surface area contributed by atoms with Gasteiger partial charge in [0.1, 0.15) is 5.82 Å². The van der Waals surface area contributed by atoms with Gasteiger partial charge in [-0.1, -0.05) is 12.8 Å². The summed E-state index contributed by atoms with van der Waals surface area (Å²) in [6, 6.07) is 0.0246. The summed E-state index contributed by atoms with van der Waals surface area (Å²) < 4.78 is 2.12. The van der Waals surface area contributed by atoms with Crippen molar-refractivity contribution in [2.45, 2.75) is 57.7 Å². The number of aryl methyl sites for hydroxylation is 1. The van der Waals surface area contributed by atoms with Crippen LogP contribution < -0.4 is 5.73 Å². The van der Waals surface area contributed by atoms with E-state index in [1.54, 1.807) is 6.92 Å². The third-order valence-electron chi connectivity index (χ3n) is 3.40. The van der Waals surface area contributed by atoms with Crippen LogP contribution in [0.4, 0.5) is 0 Å². The number of aromatic nitrogens is 3. The highest BCUT2D eigenvalue weighted by Gasteiger charge is 2.26. The summed E-state index contributed by atoms with van der Waals surface area (Å²) in [4.78, 5) is 0. The van der Waals surface area contributed by atoms with Crippen LogP contribution in [0.3, 0.4) is 0 Å². The fourth-order valence-corrected chi connectivity index (χ4v) is 2.44. The molecule has 0 bridgehead atoms. The maximum atomic E-state index is 9.54. The van der Waals surface area contributed by atoms with Crippen LogP contribution in [0.15, 0.2) is 0 Å². The maximum absolute atomic E-state index is 9.54. The van der Waals surface area contributed by atoms with E-state index in [4.69, 9.17) is 5.73 Å². The quantitative estimate of drug-likeness (QED) is 0.805. The molecular formula is C11H20N4O. The number of aliphatic hydroxyl groups excluding tert-OH is 1. The molecule has 1 saturated carbocycles. The molecule has 0 saturated heterocycles. The molecule has 2 rings (SSSR count). The highest BCUT2D eigenvalue weighted by atomic mass is 16.3. The van der Waals surface area contributed by atoms with E-state index in [1.807, 2.05) is 6.92 Å². The molecule has 0 spiro atoms. The van der Waals surface area contributed by atoms with E-state index in [9.17, 15) is 5.11 Å². The van der Waals surface area contributed by atoms with Gasteiger partial charge in [-0.25, -0.2) is 0 Å². The summed E-state index contributed by atoms with van der Waals surface area (Å²) in [5.74, 6) is 1.62. The van der Waals surface area contributed by atoms with Crippen molar-refractivity contribution in [2.75, 3.05) is 0 Å². The second-order valence-electron chi connectivity index (χ2n) is 4.68. The number of hydrogen-bond acceptors (Lipinski definition) is 4. The molecular weight excluding hydrogens is 204 g/mol. The zero-order valence-corrected chi connectivity index (χ0v) is 9.93. The third kappa shape index (κ3) is 1.97. The lowest BCUT2D eigenvalue weighted by molar-refractivity contribution is 0.157.